The zero-order chi connectivity index (χ0) is 14.2. The first-order valence-corrected chi connectivity index (χ1v) is 6.11. The molecule has 0 fully saturated rings. The fraction of sp³-hybridized carbons (Fsp3) is 0.429. The van der Waals surface area contributed by atoms with Gasteiger partial charge < -0.3 is 9.52 Å². The van der Waals surface area contributed by atoms with Gasteiger partial charge in [-0.15, -0.1) is 0 Å². The summed E-state index contributed by atoms with van der Waals surface area (Å²) in [6.07, 6.45) is 0. The van der Waals surface area contributed by atoms with E-state index >= 15 is 0 Å². The molecule has 0 aliphatic rings. The number of carbonyl (C=O) groups is 1. The molecule has 1 N–H and O–H groups in total. The zero-order valence-electron chi connectivity index (χ0n) is 11.6. The molecule has 5 heteroatoms. The van der Waals surface area contributed by atoms with Crippen molar-refractivity contribution in [2.75, 3.05) is 7.05 Å². The molecule has 0 unspecified atom stereocenters. The summed E-state index contributed by atoms with van der Waals surface area (Å²) >= 11 is 0. The van der Waals surface area contributed by atoms with Crippen LogP contribution in [0.1, 0.15) is 25.3 Å². The van der Waals surface area contributed by atoms with Gasteiger partial charge in [0.15, 0.2) is 11.5 Å². The molecule has 0 bridgehead atoms. The number of hydrogen-bond acceptors (Lipinski definition) is 4. The highest BCUT2D eigenvalue weighted by molar-refractivity contribution is 5.77. The van der Waals surface area contributed by atoms with E-state index in [-0.39, 0.29) is 0 Å². The number of oxazole rings is 1. The molecule has 0 spiro atoms. The third kappa shape index (κ3) is 2.61. The van der Waals surface area contributed by atoms with E-state index < -0.39 is 11.5 Å². The molecular formula is C14H18N2O3. The predicted molar refractivity (Wildman–Crippen MR) is 71.9 cm³/mol. The maximum atomic E-state index is 11.2. The van der Waals surface area contributed by atoms with E-state index in [9.17, 15) is 9.90 Å². The summed E-state index contributed by atoms with van der Waals surface area (Å²) in [7, 11) is 1.80. The minimum Gasteiger partial charge on any atom is -0.480 e. The molecule has 19 heavy (non-hydrogen) atoms. The average molecular weight is 262 g/mol. The van der Waals surface area contributed by atoms with Crippen LogP contribution in [0.25, 0.3) is 11.1 Å². The molecule has 0 aliphatic carbocycles. The third-order valence-corrected chi connectivity index (χ3v) is 3.46. The van der Waals surface area contributed by atoms with Gasteiger partial charge >= 0.3 is 5.97 Å². The van der Waals surface area contributed by atoms with Gasteiger partial charge in [0, 0.05) is 13.5 Å². The summed E-state index contributed by atoms with van der Waals surface area (Å²) < 4.78 is 5.41. The molecule has 1 aromatic heterocycles. The highest BCUT2D eigenvalue weighted by Gasteiger charge is 2.31. The molecule has 5 nitrogen and oxygen atoms in total. The molecule has 0 saturated heterocycles. The molecule has 1 aromatic carbocycles. The molecule has 2 aromatic rings. The van der Waals surface area contributed by atoms with Crippen molar-refractivity contribution >= 4 is 17.1 Å². The smallest absolute Gasteiger partial charge is 0.323 e. The zero-order valence-corrected chi connectivity index (χ0v) is 11.6. The van der Waals surface area contributed by atoms with E-state index in [4.69, 9.17) is 4.42 Å². The molecule has 0 amide bonds. The van der Waals surface area contributed by atoms with Crippen molar-refractivity contribution in [2.24, 2.45) is 0 Å². The van der Waals surface area contributed by atoms with Gasteiger partial charge in [-0.2, -0.15) is 0 Å². The number of aromatic nitrogens is 1. The van der Waals surface area contributed by atoms with Gasteiger partial charge in [0.2, 0.25) is 0 Å². The Morgan fingerprint density at radius 1 is 1.47 bits per heavy atom. The summed E-state index contributed by atoms with van der Waals surface area (Å²) in [5.74, 6) is -0.209. The van der Waals surface area contributed by atoms with Crippen LogP contribution in [0.5, 0.6) is 0 Å². The van der Waals surface area contributed by atoms with Gasteiger partial charge in [0.25, 0.3) is 0 Å². The number of benzene rings is 1. The predicted octanol–water partition coefficient (Wildman–Crippen LogP) is 2.43. The van der Waals surface area contributed by atoms with Crippen LogP contribution in [-0.2, 0) is 11.3 Å². The SMILES string of the molecule is Cc1nc2cc(CN(C)C(C)(C)C(=O)O)ccc2o1. The number of aliphatic carboxylic acids is 1. The fourth-order valence-corrected chi connectivity index (χ4v) is 1.82. The average Bonchev–Trinajstić information content (AvgIpc) is 2.68. The Balaban J connectivity index is 2.23. The summed E-state index contributed by atoms with van der Waals surface area (Å²) in [5, 5.41) is 9.20. The van der Waals surface area contributed by atoms with Gasteiger partial charge in [-0.05, 0) is 38.6 Å². The minimum absolute atomic E-state index is 0.543. The van der Waals surface area contributed by atoms with E-state index in [2.05, 4.69) is 4.98 Å². The van der Waals surface area contributed by atoms with Crippen molar-refractivity contribution in [1.82, 2.24) is 9.88 Å². The van der Waals surface area contributed by atoms with Gasteiger partial charge in [-0.3, -0.25) is 9.69 Å². The molecule has 0 atom stereocenters. The summed E-state index contributed by atoms with van der Waals surface area (Å²) in [5.41, 5.74) is 1.66. The first kappa shape index (κ1) is 13.5. The van der Waals surface area contributed by atoms with Crippen molar-refractivity contribution in [3.05, 3.63) is 29.7 Å². The lowest BCUT2D eigenvalue weighted by Crippen LogP contribution is -2.47. The summed E-state index contributed by atoms with van der Waals surface area (Å²) in [6, 6.07) is 5.73. The van der Waals surface area contributed by atoms with Crippen LogP contribution in [0.3, 0.4) is 0 Å². The van der Waals surface area contributed by atoms with E-state index in [1.807, 2.05) is 18.2 Å². The van der Waals surface area contributed by atoms with E-state index in [0.717, 1.165) is 16.7 Å². The number of hydrogen-bond donors (Lipinski definition) is 1. The molecular weight excluding hydrogens is 244 g/mol. The van der Waals surface area contributed by atoms with E-state index in [1.54, 1.807) is 32.7 Å². The molecule has 0 radical (unpaired) electrons. The maximum Gasteiger partial charge on any atom is 0.323 e. The Kier molecular flexibility index (Phi) is 3.32. The molecule has 2 rings (SSSR count). The molecule has 0 aliphatic heterocycles. The van der Waals surface area contributed by atoms with Gasteiger partial charge in [0.05, 0.1) is 0 Å². The van der Waals surface area contributed by atoms with Crippen molar-refractivity contribution in [3.63, 3.8) is 0 Å². The number of likely N-dealkylation sites (N-methyl/N-ethyl adjacent to an activating group) is 1. The van der Waals surface area contributed by atoms with Gasteiger partial charge in [-0.25, -0.2) is 4.98 Å². The number of rotatable bonds is 4. The number of aryl methyl sites for hydroxylation is 1. The van der Waals surface area contributed by atoms with Crippen LogP contribution in [0.4, 0.5) is 0 Å². The Bertz CT molecular complexity index is 616. The minimum atomic E-state index is -0.908. The van der Waals surface area contributed by atoms with Crippen molar-refractivity contribution < 1.29 is 14.3 Å². The Morgan fingerprint density at radius 3 is 2.79 bits per heavy atom. The highest BCUT2D eigenvalue weighted by Crippen LogP contribution is 2.20. The molecule has 0 saturated carbocycles. The topological polar surface area (TPSA) is 66.6 Å². The standard InChI is InChI=1S/C14H18N2O3/c1-9-15-11-7-10(5-6-12(11)19-9)8-16(4)14(2,3)13(17)18/h5-7H,8H2,1-4H3,(H,17,18). The lowest BCUT2D eigenvalue weighted by Gasteiger charge is -2.31. The summed E-state index contributed by atoms with van der Waals surface area (Å²) in [4.78, 5) is 17.3. The lowest BCUT2D eigenvalue weighted by atomic mass is 10.0. The van der Waals surface area contributed by atoms with E-state index in [1.165, 1.54) is 0 Å². The fourth-order valence-electron chi connectivity index (χ4n) is 1.82. The summed E-state index contributed by atoms with van der Waals surface area (Å²) in [6.45, 7) is 5.72. The van der Waals surface area contributed by atoms with Crippen LogP contribution < -0.4 is 0 Å². The number of fused-ring (bicyclic) bond motifs is 1. The number of nitrogens with zero attached hydrogens (tertiary/aromatic N) is 2. The monoisotopic (exact) mass is 262 g/mol. The Hall–Kier alpha value is -1.88. The molecule has 102 valence electrons. The largest absolute Gasteiger partial charge is 0.480 e. The number of carboxylic acids is 1. The Morgan fingerprint density at radius 2 is 2.16 bits per heavy atom. The quantitative estimate of drug-likeness (QED) is 0.916. The third-order valence-electron chi connectivity index (χ3n) is 3.46. The van der Waals surface area contributed by atoms with Crippen LogP contribution in [0.15, 0.2) is 22.6 Å². The van der Waals surface area contributed by atoms with Gasteiger partial charge in [-0.1, -0.05) is 6.07 Å². The second-order valence-electron chi connectivity index (χ2n) is 5.26. The second-order valence-corrected chi connectivity index (χ2v) is 5.26. The lowest BCUT2D eigenvalue weighted by molar-refractivity contribution is -0.148. The van der Waals surface area contributed by atoms with Crippen LogP contribution >= 0.6 is 0 Å². The van der Waals surface area contributed by atoms with Crippen molar-refractivity contribution in [1.29, 1.82) is 0 Å². The Labute approximate surface area is 111 Å². The highest BCUT2D eigenvalue weighted by atomic mass is 16.4. The normalized spacial score (nSPS) is 12.3. The van der Waals surface area contributed by atoms with E-state index in [0.29, 0.717) is 12.4 Å². The first-order chi connectivity index (χ1) is 8.80. The first-order valence-electron chi connectivity index (χ1n) is 6.11. The van der Waals surface area contributed by atoms with Crippen molar-refractivity contribution in [2.45, 2.75) is 32.9 Å². The molecule has 1 heterocycles. The maximum absolute atomic E-state index is 11.2. The van der Waals surface area contributed by atoms with Crippen molar-refractivity contribution in [3.8, 4) is 0 Å². The van der Waals surface area contributed by atoms with Gasteiger partial charge in [0.1, 0.15) is 11.1 Å². The van der Waals surface area contributed by atoms with Crippen LogP contribution in [0, 0.1) is 6.92 Å². The second kappa shape index (κ2) is 4.66. The number of carboxylic acid groups (broad SMARTS) is 1. The van der Waals surface area contributed by atoms with Crippen LogP contribution in [-0.4, -0.2) is 33.5 Å². The van der Waals surface area contributed by atoms with Crippen LogP contribution in [0.2, 0.25) is 0 Å².